The molecule has 3 nitrogen and oxygen atoms in total. The summed E-state index contributed by atoms with van der Waals surface area (Å²) in [5.74, 6) is -0.164. The van der Waals surface area contributed by atoms with Gasteiger partial charge in [0.25, 0.3) is 0 Å². The Balaban J connectivity index is 1.98. The molecule has 0 fully saturated rings. The second-order valence-corrected chi connectivity index (χ2v) is 5.85. The molecule has 0 aliphatic carbocycles. The van der Waals surface area contributed by atoms with Crippen molar-refractivity contribution in [3.63, 3.8) is 0 Å². The van der Waals surface area contributed by atoms with E-state index in [1.165, 1.54) is 6.08 Å². The zero-order valence-corrected chi connectivity index (χ0v) is 12.8. The molecule has 0 saturated heterocycles. The highest BCUT2D eigenvalue weighted by atomic mass is 35.5. The van der Waals surface area contributed by atoms with Gasteiger partial charge in [-0.05, 0) is 31.6 Å². The van der Waals surface area contributed by atoms with Crippen molar-refractivity contribution in [3.05, 3.63) is 57.0 Å². The quantitative estimate of drug-likeness (QED) is 0.868. The van der Waals surface area contributed by atoms with Crippen LogP contribution in [-0.4, -0.2) is 10.9 Å². The lowest BCUT2D eigenvalue weighted by molar-refractivity contribution is -0.117. The summed E-state index contributed by atoms with van der Waals surface area (Å²) in [6.45, 7) is 3.83. The van der Waals surface area contributed by atoms with Crippen molar-refractivity contribution in [3.8, 4) is 0 Å². The number of aromatic nitrogens is 1. The van der Waals surface area contributed by atoms with Crippen molar-refractivity contribution in [2.75, 3.05) is 0 Å². The molecule has 5 heteroatoms. The average Bonchev–Trinajstić information content (AvgIpc) is 2.82. The van der Waals surface area contributed by atoms with E-state index in [0.29, 0.717) is 5.02 Å². The van der Waals surface area contributed by atoms with E-state index in [0.717, 1.165) is 16.3 Å². The predicted molar refractivity (Wildman–Crippen MR) is 83.9 cm³/mol. The molecule has 1 amide bonds. The maximum atomic E-state index is 11.9. The van der Waals surface area contributed by atoms with Gasteiger partial charge in [-0.2, -0.15) is 0 Å². The van der Waals surface area contributed by atoms with E-state index >= 15 is 0 Å². The van der Waals surface area contributed by atoms with Crippen LogP contribution in [0.5, 0.6) is 0 Å². The van der Waals surface area contributed by atoms with E-state index < -0.39 is 0 Å². The van der Waals surface area contributed by atoms with E-state index in [2.05, 4.69) is 10.3 Å². The molecule has 0 bridgehead atoms. The van der Waals surface area contributed by atoms with Gasteiger partial charge in [0, 0.05) is 16.5 Å². The largest absolute Gasteiger partial charge is 0.346 e. The van der Waals surface area contributed by atoms with Gasteiger partial charge in [0.15, 0.2) is 0 Å². The smallest absolute Gasteiger partial charge is 0.244 e. The number of rotatable bonds is 4. The lowest BCUT2D eigenvalue weighted by Gasteiger charge is -2.14. The van der Waals surface area contributed by atoms with Gasteiger partial charge in [0.05, 0.1) is 16.7 Å². The number of nitrogens with one attached hydrogen (secondary N) is 1. The predicted octanol–water partition coefficient (Wildman–Crippen LogP) is 4.00. The summed E-state index contributed by atoms with van der Waals surface area (Å²) in [5.41, 5.74) is 1.70. The number of benzene rings is 1. The number of halogens is 1. The molecule has 0 aliphatic heterocycles. The number of aryl methyl sites for hydroxylation is 1. The van der Waals surface area contributed by atoms with Crippen LogP contribution in [0.15, 0.2) is 35.7 Å². The molecular formula is C15H15ClN2OS. The molecule has 0 saturated carbocycles. The van der Waals surface area contributed by atoms with Gasteiger partial charge >= 0.3 is 0 Å². The molecule has 1 heterocycles. The van der Waals surface area contributed by atoms with E-state index in [1.54, 1.807) is 17.4 Å². The Bertz CT molecular complexity index is 636. The fourth-order valence-electron chi connectivity index (χ4n) is 1.78. The van der Waals surface area contributed by atoms with Gasteiger partial charge in [0.2, 0.25) is 5.91 Å². The summed E-state index contributed by atoms with van der Waals surface area (Å²) < 4.78 is 0. The van der Waals surface area contributed by atoms with Crippen LogP contribution in [-0.2, 0) is 4.79 Å². The molecule has 0 unspecified atom stereocenters. The van der Waals surface area contributed by atoms with Crippen LogP contribution < -0.4 is 5.32 Å². The van der Waals surface area contributed by atoms with E-state index in [1.807, 2.05) is 43.5 Å². The molecule has 104 valence electrons. The topological polar surface area (TPSA) is 42.0 Å². The zero-order valence-electron chi connectivity index (χ0n) is 11.3. The second kappa shape index (κ2) is 6.68. The first kappa shape index (κ1) is 14.8. The van der Waals surface area contributed by atoms with Crippen molar-refractivity contribution < 1.29 is 4.79 Å². The summed E-state index contributed by atoms with van der Waals surface area (Å²) >= 11 is 7.66. The summed E-state index contributed by atoms with van der Waals surface area (Å²) in [7, 11) is 0. The van der Waals surface area contributed by atoms with E-state index in [9.17, 15) is 4.79 Å². The SMILES string of the molecule is Cc1nc(/C=C/C(=O)N[C@H](C)c2ccccc2Cl)cs1. The normalized spacial score (nSPS) is 12.6. The molecule has 0 aliphatic rings. The van der Waals surface area contributed by atoms with Crippen LogP contribution in [0.4, 0.5) is 0 Å². The average molecular weight is 307 g/mol. The maximum Gasteiger partial charge on any atom is 0.244 e. The van der Waals surface area contributed by atoms with Crippen LogP contribution in [0.2, 0.25) is 5.02 Å². The molecule has 20 heavy (non-hydrogen) atoms. The van der Waals surface area contributed by atoms with Gasteiger partial charge in [-0.1, -0.05) is 29.8 Å². The molecule has 1 atom stereocenters. The van der Waals surface area contributed by atoms with Crippen molar-refractivity contribution in [2.24, 2.45) is 0 Å². The molecular weight excluding hydrogens is 292 g/mol. The first-order chi connectivity index (χ1) is 9.56. The second-order valence-electron chi connectivity index (χ2n) is 4.38. The minimum Gasteiger partial charge on any atom is -0.346 e. The Labute approximate surface area is 127 Å². The van der Waals surface area contributed by atoms with Crippen molar-refractivity contribution >= 4 is 34.9 Å². The Morgan fingerprint density at radius 1 is 1.45 bits per heavy atom. The summed E-state index contributed by atoms with van der Waals surface area (Å²) in [4.78, 5) is 16.1. The van der Waals surface area contributed by atoms with Gasteiger partial charge in [-0.15, -0.1) is 11.3 Å². The Kier molecular flexibility index (Phi) is 4.93. The highest BCUT2D eigenvalue weighted by molar-refractivity contribution is 7.09. The monoisotopic (exact) mass is 306 g/mol. The lowest BCUT2D eigenvalue weighted by atomic mass is 10.1. The number of thiazole rings is 1. The number of carbonyl (C=O) groups excluding carboxylic acids is 1. The molecule has 1 aromatic heterocycles. The third-order valence-electron chi connectivity index (χ3n) is 2.77. The van der Waals surface area contributed by atoms with Crippen LogP contribution >= 0.6 is 22.9 Å². The molecule has 1 N–H and O–H groups in total. The van der Waals surface area contributed by atoms with Gasteiger partial charge in [0.1, 0.15) is 0 Å². The molecule has 0 radical (unpaired) electrons. The number of nitrogens with zero attached hydrogens (tertiary/aromatic N) is 1. The van der Waals surface area contributed by atoms with E-state index in [4.69, 9.17) is 11.6 Å². The lowest BCUT2D eigenvalue weighted by Crippen LogP contribution is -2.24. The van der Waals surface area contributed by atoms with Crippen molar-refractivity contribution in [1.29, 1.82) is 0 Å². The van der Waals surface area contributed by atoms with E-state index in [-0.39, 0.29) is 11.9 Å². The fraction of sp³-hybridized carbons (Fsp3) is 0.200. The first-order valence-corrected chi connectivity index (χ1v) is 7.47. The molecule has 2 rings (SSSR count). The standard InChI is InChI=1S/C15H15ClN2OS/c1-10(13-5-3-4-6-14(13)16)17-15(19)8-7-12-9-20-11(2)18-12/h3-10H,1-2H3,(H,17,19)/b8-7+/t10-/m1/s1. The van der Waals surface area contributed by atoms with Gasteiger partial charge < -0.3 is 5.32 Å². The third-order valence-corrected chi connectivity index (χ3v) is 3.91. The number of hydrogen-bond acceptors (Lipinski definition) is 3. The highest BCUT2D eigenvalue weighted by Gasteiger charge is 2.10. The first-order valence-electron chi connectivity index (χ1n) is 6.21. The molecule has 2 aromatic rings. The van der Waals surface area contributed by atoms with Crippen LogP contribution in [0, 0.1) is 6.92 Å². The minimum atomic E-state index is -0.164. The van der Waals surface area contributed by atoms with Crippen LogP contribution in [0.1, 0.15) is 29.2 Å². The van der Waals surface area contributed by atoms with Crippen LogP contribution in [0.3, 0.4) is 0 Å². The minimum absolute atomic E-state index is 0.141. The number of carbonyl (C=O) groups is 1. The highest BCUT2D eigenvalue weighted by Crippen LogP contribution is 2.22. The number of hydrogen-bond donors (Lipinski definition) is 1. The third kappa shape index (κ3) is 3.92. The van der Waals surface area contributed by atoms with Crippen LogP contribution in [0.25, 0.3) is 6.08 Å². The fourth-order valence-corrected chi connectivity index (χ4v) is 2.66. The Hall–Kier alpha value is -1.65. The molecule has 1 aromatic carbocycles. The maximum absolute atomic E-state index is 11.9. The Morgan fingerprint density at radius 2 is 2.20 bits per heavy atom. The molecule has 0 spiro atoms. The summed E-state index contributed by atoms with van der Waals surface area (Å²) in [5, 5.41) is 6.43. The zero-order chi connectivity index (χ0) is 14.5. The van der Waals surface area contributed by atoms with Gasteiger partial charge in [-0.25, -0.2) is 4.98 Å². The van der Waals surface area contributed by atoms with Crippen molar-refractivity contribution in [1.82, 2.24) is 10.3 Å². The van der Waals surface area contributed by atoms with Crippen molar-refractivity contribution in [2.45, 2.75) is 19.9 Å². The van der Waals surface area contributed by atoms with Gasteiger partial charge in [-0.3, -0.25) is 4.79 Å². The summed E-state index contributed by atoms with van der Waals surface area (Å²) in [6, 6.07) is 7.34. The number of amides is 1. The Morgan fingerprint density at radius 3 is 2.85 bits per heavy atom. The summed E-state index contributed by atoms with van der Waals surface area (Å²) in [6.07, 6.45) is 3.19.